The molecule has 0 radical (unpaired) electrons. The van der Waals surface area contributed by atoms with Crippen LogP contribution in [-0.4, -0.2) is 34.7 Å². The van der Waals surface area contributed by atoms with E-state index in [9.17, 15) is 10.1 Å². The van der Waals surface area contributed by atoms with Crippen molar-refractivity contribution in [3.63, 3.8) is 0 Å². The maximum absolute atomic E-state index is 12.1. The number of carbonyl (C=O) groups excluding carboxylic acids is 1. The van der Waals surface area contributed by atoms with Crippen molar-refractivity contribution in [2.75, 3.05) is 13.1 Å². The van der Waals surface area contributed by atoms with Crippen LogP contribution in [0.3, 0.4) is 0 Å². The van der Waals surface area contributed by atoms with Gasteiger partial charge in [-0.15, -0.1) is 0 Å². The van der Waals surface area contributed by atoms with E-state index >= 15 is 0 Å². The van der Waals surface area contributed by atoms with Gasteiger partial charge in [0.2, 0.25) is 0 Å². The highest BCUT2D eigenvalue weighted by Gasteiger charge is 2.43. The molecule has 1 aromatic heterocycles. The molecule has 5 nitrogen and oxygen atoms in total. The molecule has 0 bridgehead atoms. The van der Waals surface area contributed by atoms with E-state index in [1.54, 1.807) is 11.1 Å². The second-order valence-electron chi connectivity index (χ2n) is 6.06. The summed E-state index contributed by atoms with van der Waals surface area (Å²) in [5, 5.41) is 9.53. The first-order chi connectivity index (χ1) is 9.36. The van der Waals surface area contributed by atoms with Crippen LogP contribution < -0.4 is 0 Å². The molecule has 1 fully saturated rings. The van der Waals surface area contributed by atoms with Crippen molar-refractivity contribution in [1.29, 1.82) is 5.26 Å². The van der Waals surface area contributed by atoms with Gasteiger partial charge in [-0.25, -0.2) is 4.79 Å². The predicted molar refractivity (Wildman–Crippen MR) is 74.0 cm³/mol. The number of carbonyl (C=O) groups is 1. The van der Waals surface area contributed by atoms with Crippen molar-refractivity contribution in [3.8, 4) is 6.07 Å². The number of pyridine rings is 1. The molecule has 0 spiro atoms. The van der Waals surface area contributed by atoms with Crippen LogP contribution in [-0.2, 0) is 10.2 Å². The van der Waals surface area contributed by atoms with Crippen LogP contribution >= 0.6 is 0 Å². The lowest BCUT2D eigenvalue weighted by atomic mass is 9.85. The molecule has 1 atom stereocenters. The molecule has 2 heterocycles. The fourth-order valence-corrected chi connectivity index (χ4v) is 2.30. The van der Waals surface area contributed by atoms with E-state index in [1.165, 1.54) is 0 Å². The van der Waals surface area contributed by atoms with Crippen LogP contribution in [0, 0.1) is 11.3 Å². The van der Waals surface area contributed by atoms with Crippen LogP contribution in [0.1, 0.15) is 32.9 Å². The molecule has 0 aromatic carbocycles. The topological polar surface area (TPSA) is 66.2 Å². The number of ether oxygens (including phenoxy) is 1. The second-order valence-corrected chi connectivity index (χ2v) is 6.06. The molecule has 1 amide bonds. The zero-order chi connectivity index (χ0) is 14.8. The summed E-state index contributed by atoms with van der Waals surface area (Å²) in [6.45, 7) is 6.33. The molecule has 1 unspecified atom stereocenters. The zero-order valence-corrected chi connectivity index (χ0v) is 12.1. The van der Waals surface area contributed by atoms with Crippen LogP contribution in [0.4, 0.5) is 4.79 Å². The fraction of sp³-hybridized carbons (Fsp3) is 0.533. The maximum atomic E-state index is 12.1. The van der Waals surface area contributed by atoms with Crippen LogP contribution in [0.5, 0.6) is 0 Å². The van der Waals surface area contributed by atoms with E-state index in [1.807, 2.05) is 39.0 Å². The summed E-state index contributed by atoms with van der Waals surface area (Å²) in [6, 6.07) is 7.84. The number of rotatable bonds is 1. The molecule has 1 saturated heterocycles. The Kier molecular flexibility index (Phi) is 3.67. The van der Waals surface area contributed by atoms with Gasteiger partial charge in [0.25, 0.3) is 0 Å². The summed E-state index contributed by atoms with van der Waals surface area (Å²) < 4.78 is 5.35. The van der Waals surface area contributed by atoms with Crippen LogP contribution in [0.25, 0.3) is 0 Å². The summed E-state index contributed by atoms with van der Waals surface area (Å²) in [4.78, 5) is 17.9. The number of likely N-dealkylation sites (tertiary alicyclic amines) is 1. The average Bonchev–Trinajstić information content (AvgIpc) is 2.84. The quantitative estimate of drug-likeness (QED) is 0.788. The Hall–Kier alpha value is -2.09. The predicted octanol–water partition coefficient (Wildman–Crippen LogP) is 2.48. The SMILES string of the molecule is CC(C)(C)OC(=O)N1CCC(C#N)(c2ccccn2)C1. The Balaban J connectivity index is 2.15. The summed E-state index contributed by atoms with van der Waals surface area (Å²) in [7, 11) is 0. The van der Waals surface area contributed by atoms with Gasteiger partial charge in [-0.05, 0) is 39.3 Å². The number of hydrogen-bond donors (Lipinski definition) is 0. The first-order valence-corrected chi connectivity index (χ1v) is 6.67. The summed E-state index contributed by atoms with van der Waals surface area (Å²) >= 11 is 0. The normalized spacial score (nSPS) is 22.4. The minimum absolute atomic E-state index is 0.329. The lowest BCUT2D eigenvalue weighted by Gasteiger charge is -2.25. The van der Waals surface area contributed by atoms with Crippen molar-refractivity contribution in [2.45, 2.75) is 38.2 Å². The molecule has 0 N–H and O–H groups in total. The molecule has 1 aromatic rings. The standard InChI is InChI=1S/C15H19N3O2/c1-14(2,3)20-13(19)18-9-7-15(10-16,11-18)12-6-4-5-8-17-12/h4-6,8H,7,9,11H2,1-3H3. The van der Waals surface area contributed by atoms with Gasteiger partial charge in [0, 0.05) is 19.3 Å². The second kappa shape index (κ2) is 5.12. The van der Waals surface area contributed by atoms with Gasteiger partial charge >= 0.3 is 6.09 Å². The van der Waals surface area contributed by atoms with Crippen molar-refractivity contribution >= 4 is 6.09 Å². The number of nitriles is 1. The third kappa shape index (κ3) is 2.90. The Labute approximate surface area is 119 Å². The van der Waals surface area contributed by atoms with Crippen molar-refractivity contribution < 1.29 is 9.53 Å². The average molecular weight is 273 g/mol. The van der Waals surface area contributed by atoms with E-state index in [-0.39, 0.29) is 6.09 Å². The van der Waals surface area contributed by atoms with Crippen LogP contribution in [0.2, 0.25) is 0 Å². The number of aromatic nitrogens is 1. The molecule has 106 valence electrons. The molecule has 5 heteroatoms. The highest BCUT2D eigenvalue weighted by Crippen LogP contribution is 2.33. The number of nitrogens with zero attached hydrogens (tertiary/aromatic N) is 3. The number of hydrogen-bond acceptors (Lipinski definition) is 4. The first-order valence-electron chi connectivity index (χ1n) is 6.67. The van der Waals surface area contributed by atoms with E-state index in [2.05, 4.69) is 11.1 Å². The van der Waals surface area contributed by atoms with E-state index < -0.39 is 11.0 Å². The summed E-state index contributed by atoms with van der Waals surface area (Å²) in [6.07, 6.45) is 1.88. The van der Waals surface area contributed by atoms with E-state index in [4.69, 9.17) is 4.74 Å². The molecular weight excluding hydrogens is 254 g/mol. The van der Waals surface area contributed by atoms with Crippen molar-refractivity contribution in [3.05, 3.63) is 30.1 Å². The molecule has 2 rings (SSSR count). The zero-order valence-electron chi connectivity index (χ0n) is 12.1. The Morgan fingerprint density at radius 1 is 1.50 bits per heavy atom. The largest absolute Gasteiger partial charge is 0.444 e. The Bertz CT molecular complexity index is 530. The molecular formula is C15H19N3O2. The summed E-state index contributed by atoms with van der Waals surface area (Å²) in [5.74, 6) is 0. The highest BCUT2D eigenvalue weighted by molar-refractivity contribution is 5.69. The van der Waals surface area contributed by atoms with Gasteiger partial charge in [0.15, 0.2) is 0 Å². The smallest absolute Gasteiger partial charge is 0.410 e. The number of amides is 1. The third-order valence-electron chi connectivity index (χ3n) is 3.29. The molecule has 1 aliphatic rings. The van der Waals surface area contributed by atoms with Crippen LogP contribution in [0.15, 0.2) is 24.4 Å². The van der Waals surface area contributed by atoms with Gasteiger partial charge in [-0.3, -0.25) is 4.98 Å². The fourth-order valence-electron chi connectivity index (χ4n) is 2.30. The van der Waals surface area contributed by atoms with E-state index in [0.29, 0.717) is 25.2 Å². The van der Waals surface area contributed by atoms with Gasteiger partial charge < -0.3 is 9.64 Å². The Morgan fingerprint density at radius 2 is 2.25 bits per heavy atom. The van der Waals surface area contributed by atoms with Gasteiger partial charge in [-0.2, -0.15) is 5.26 Å². The summed E-state index contributed by atoms with van der Waals surface area (Å²) in [5.41, 5.74) is -0.536. The lowest BCUT2D eigenvalue weighted by molar-refractivity contribution is 0.0288. The monoisotopic (exact) mass is 273 g/mol. The van der Waals surface area contributed by atoms with Gasteiger partial charge in [0.05, 0.1) is 11.8 Å². The lowest BCUT2D eigenvalue weighted by Crippen LogP contribution is -2.38. The minimum Gasteiger partial charge on any atom is -0.444 e. The Morgan fingerprint density at radius 3 is 2.80 bits per heavy atom. The van der Waals surface area contributed by atoms with Gasteiger partial charge in [-0.1, -0.05) is 6.07 Å². The maximum Gasteiger partial charge on any atom is 0.410 e. The highest BCUT2D eigenvalue weighted by atomic mass is 16.6. The molecule has 0 aliphatic carbocycles. The van der Waals surface area contributed by atoms with Gasteiger partial charge in [0.1, 0.15) is 11.0 Å². The van der Waals surface area contributed by atoms with E-state index in [0.717, 1.165) is 0 Å². The molecule has 0 saturated carbocycles. The molecule has 1 aliphatic heterocycles. The minimum atomic E-state index is -0.724. The first kappa shape index (κ1) is 14.3. The third-order valence-corrected chi connectivity index (χ3v) is 3.29. The molecule has 20 heavy (non-hydrogen) atoms. The van der Waals surface area contributed by atoms with Crippen molar-refractivity contribution in [1.82, 2.24) is 9.88 Å². The van der Waals surface area contributed by atoms with Crippen molar-refractivity contribution in [2.24, 2.45) is 0 Å².